The van der Waals surface area contributed by atoms with Crippen molar-refractivity contribution in [3.8, 4) is 0 Å². The van der Waals surface area contributed by atoms with Gasteiger partial charge in [-0.05, 0) is 12.8 Å². The van der Waals surface area contributed by atoms with E-state index < -0.39 is 11.4 Å². The number of hydrogen-bond donors (Lipinski definition) is 1. The fraction of sp³-hybridized carbons (Fsp3) is 0.778. The highest BCUT2D eigenvalue weighted by Gasteiger charge is 2.33. The topological polar surface area (TPSA) is 54.4 Å². The third-order valence-corrected chi connectivity index (χ3v) is 2.60. The van der Waals surface area contributed by atoms with Crippen LogP contribution < -0.4 is 0 Å². The minimum absolute atomic E-state index is 0.0104. The Hall–Kier alpha value is -0.860. The lowest BCUT2D eigenvalue weighted by atomic mass is 9.73. The molecule has 0 aromatic heterocycles. The molecule has 12 heavy (non-hydrogen) atoms. The molecule has 1 fully saturated rings. The van der Waals surface area contributed by atoms with Gasteiger partial charge in [0.05, 0.1) is 6.42 Å². The zero-order chi connectivity index (χ0) is 9.03. The molecule has 1 saturated carbocycles. The summed E-state index contributed by atoms with van der Waals surface area (Å²) in [4.78, 5) is 21.2. The third kappa shape index (κ3) is 2.06. The highest BCUT2D eigenvalue weighted by Crippen LogP contribution is 2.37. The highest BCUT2D eigenvalue weighted by atomic mass is 16.4. The maximum Gasteiger partial charge on any atom is 0.304 e. The van der Waals surface area contributed by atoms with Crippen molar-refractivity contribution in [2.24, 2.45) is 5.41 Å². The molecule has 1 aliphatic carbocycles. The normalized spacial score (nSPS) is 21.7. The van der Waals surface area contributed by atoms with Crippen LogP contribution in [0.2, 0.25) is 0 Å². The lowest BCUT2D eigenvalue weighted by Gasteiger charge is -2.30. The molecule has 0 aliphatic heterocycles. The molecule has 0 unspecified atom stereocenters. The predicted molar refractivity (Wildman–Crippen MR) is 43.8 cm³/mol. The van der Waals surface area contributed by atoms with Crippen LogP contribution in [0.4, 0.5) is 0 Å². The number of rotatable bonds is 3. The Kier molecular flexibility index (Phi) is 2.84. The molecule has 0 aromatic rings. The largest absolute Gasteiger partial charge is 0.481 e. The van der Waals surface area contributed by atoms with Gasteiger partial charge < -0.3 is 9.90 Å². The summed E-state index contributed by atoms with van der Waals surface area (Å²) in [5, 5.41) is 8.60. The molecule has 1 N–H and O–H groups in total. The van der Waals surface area contributed by atoms with E-state index in [-0.39, 0.29) is 6.42 Å². The van der Waals surface area contributed by atoms with E-state index in [2.05, 4.69) is 0 Å². The molecule has 0 radical (unpaired) electrons. The van der Waals surface area contributed by atoms with Gasteiger partial charge in [-0.2, -0.15) is 0 Å². The summed E-state index contributed by atoms with van der Waals surface area (Å²) >= 11 is 0. The molecule has 1 rings (SSSR count). The van der Waals surface area contributed by atoms with Crippen LogP contribution in [0, 0.1) is 5.41 Å². The zero-order valence-electron chi connectivity index (χ0n) is 7.08. The number of carboxylic acid groups (broad SMARTS) is 1. The Bertz CT molecular complexity index is 180. The minimum Gasteiger partial charge on any atom is -0.481 e. The van der Waals surface area contributed by atoms with Crippen LogP contribution in [-0.4, -0.2) is 17.4 Å². The Labute approximate surface area is 71.8 Å². The number of carboxylic acids is 1. The second kappa shape index (κ2) is 3.70. The molecule has 1 aliphatic rings. The number of carbonyl (C=O) groups is 2. The van der Waals surface area contributed by atoms with Crippen LogP contribution in [0.5, 0.6) is 0 Å². The van der Waals surface area contributed by atoms with Crippen molar-refractivity contribution in [3.63, 3.8) is 0 Å². The lowest BCUT2D eigenvalue weighted by Crippen LogP contribution is -2.28. The van der Waals surface area contributed by atoms with Gasteiger partial charge in [0.1, 0.15) is 6.29 Å². The first-order valence-electron chi connectivity index (χ1n) is 4.37. The summed E-state index contributed by atoms with van der Waals surface area (Å²) in [7, 11) is 0. The average molecular weight is 170 g/mol. The van der Waals surface area contributed by atoms with E-state index in [4.69, 9.17) is 5.11 Å². The Morgan fingerprint density at radius 1 is 1.33 bits per heavy atom. The summed E-state index contributed by atoms with van der Waals surface area (Å²) in [5.41, 5.74) is -0.538. The number of carbonyl (C=O) groups excluding carboxylic acids is 1. The fourth-order valence-corrected chi connectivity index (χ4v) is 1.89. The molecule has 3 heteroatoms. The summed E-state index contributed by atoms with van der Waals surface area (Å²) in [5.74, 6) is -0.857. The summed E-state index contributed by atoms with van der Waals surface area (Å²) in [6.45, 7) is 0. The van der Waals surface area contributed by atoms with Crippen molar-refractivity contribution in [2.45, 2.75) is 38.5 Å². The first-order valence-corrected chi connectivity index (χ1v) is 4.37. The molecule has 0 amide bonds. The maximum absolute atomic E-state index is 10.8. The van der Waals surface area contributed by atoms with Gasteiger partial charge in [0.2, 0.25) is 0 Å². The van der Waals surface area contributed by atoms with Crippen molar-refractivity contribution in [2.75, 3.05) is 0 Å². The molecule has 68 valence electrons. The molecule has 0 heterocycles. The average Bonchev–Trinajstić information content (AvgIpc) is 2.05. The molecule has 0 spiro atoms. The lowest BCUT2D eigenvalue weighted by molar-refractivity contribution is -0.142. The molecular formula is C9H14O3. The zero-order valence-corrected chi connectivity index (χ0v) is 7.08. The smallest absolute Gasteiger partial charge is 0.304 e. The van der Waals surface area contributed by atoms with Gasteiger partial charge in [0, 0.05) is 5.41 Å². The maximum atomic E-state index is 10.8. The van der Waals surface area contributed by atoms with Crippen LogP contribution in [0.3, 0.4) is 0 Å². The molecule has 0 atom stereocenters. The molecule has 0 saturated heterocycles. The van der Waals surface area contributed by atoms with Gasteiger partial charge in [-0.1, -0.05) is 19.3 Å². The number of aldehydes is 1. The second-order valence-electron chi connectivity index (χ2n) is 3.61. The summed E-state index contributed by atoms with van der Waals surface area (Å²) in [6.07, 6.45) is 5.48. The van der Waals surface area contributed by atoms with Gasteiger partial charge in [-0.3, -0.25) is 4.79 Å². The van der Waals surface area contributed by atoms with E-state index in [9.17, 15) is 9.59 Å². The van der Waals surface area contributed by atoms with Crippen LogP contribution >= 0.6 is 0 Å². The Morgan fingerprint density at radius 2 is 1.92 bits per heavy atom. The van der Waals surface area contributed by atoms with Gasteiger partial charge in [-0.15, -0.1) is 0 Å². The van der Waals surface area contributed by atoms with Crippen molar-refractivity contribution < 1.29 is 14.7 Å². The standard InChI is InChI=1S/C9H14O3/c10-7-9(6-8(11)12)4-2-1-3-5-9/h7H,1-6H2,(H,11,12). The molecule has 0 bridgehead atoms. The molecular weight excluding hydrogens is 156 g/mol. The van der Waals surface area contributed by atoms with E-state index in [1.807, 2.05) is 0 Å². The summed E-state index contributed by atoms with van der Waals surface area (Å²) in [6, 6.07) is 0. The molecule has 3 nitrogen and oxygen atoms in total. The van der Waals surface area contributed by atoms with Crippen molar-refractivity contribution in [1.82, 2.24) is 0 Å². The Morgan fingerprint density at radius 3 is 2.33 bits per heavy atom. The third-order valence-electron chi connectivity index (χ3n) is 2.60. The number of aliphatic carboxylic acids is 1. The van der Waals surface area contributed by atoms with E-state index >= 15 is 0 Å². The van der Waals surface area contributed by atoms with Crippen molar-refractivity contribution in [3.05, 3.63) is 0 Å². The second-order valence-corrected chi connectivity index (χ2v) is 3.61. The van der Waals surface area contributed by atoms with E-state index in [1.165, 1.54) is 0 Å². The SMILES string of the molecule is O=CC1(CC(=O)O)CCCCC1. The fourth-order valence-electron chi connectivity index (χ4n) is 1.89. The molecule has 0 aromatic carbocycles. The minimum atomic E-state index is -0.857. The van der Waals surface area contributed by atoms with Crippen LogP contribution in [0.15, 0.2) is 0 Å². The highest BCUT2D eigenvalue weighted by molar-refractivity contribution is 5.74. The van der Waals surface area contributed by atoms with E-state index in [0.29, 0.717) is 0 Å². The van der Waals surface area contributed by atoms with Crippen LogP contribution in [0.1, 0.15) is 38.5 Å². The van der Waals surface area contributed by atoms with Gasteiger partial charge in [0.15, 0.2) is 0 Å². The van der Waals surface area contributed by atoms with Crippen LogP contribution in [0.25, 0.3) is 0 Å². The van der Waals surface area contributed by atoms with E-state index in [1.54, 1.807) is 0 Å². The summed E-state index contributed by atoms with van der Waals surface area (Å²) < 4.78 is 0. The van der Waals surface area contributed by atoms with E-state index in [0.717, 1.165) is 38.4 Å². The van der Waals surface area contributed by atoms with Gasteiger partial charge in [0.25, 0.3) is 0 Å². The first kappa shape index (κ1) is 9.23. The quantitative estimate of drug-likeness (QED) is 0.654. The first-order chi connectivity index (χ1) is 5.68. The predicted octanol–water partition coefficient (Wildman–Crippen LogP) is 1.61. The van der Waals surface area contributed by atoms with Crippen molar-refractivity contribution >= 4 is 12.3 Å². The monoisotopic (exact) mass is 170 g/mol. The Balaban J connectivity index is 2.59. The van der Waals surface area contributed by atoms with Gasteiger partial charge >= 0.3 is 5.97 Å². The van der Waals surface area contributed by atoms with Gasteiger partial charge in [-0.25, -0.2) is 0 Å². The van der Waals surface area contributed by atoms with Crippen LogP contribution in [-0.2, 0) is 9.59 Å². The number of hydrogen-bond acceptors (Lipinski definition) is 2. The van der Waals surface area contributed by atoms with Crippen molar-refractivity contribution in [1.29, 1.82) is 0 Å².